The Morgan fingerprint density at radius 3 is 2.60 bits per heavy atom. The van der Waals surface area contributed by atoms with Gasteiger partial charge in [0.2, 0.25) is 0 Å². The van der Waals surface area contributed by atoms with Crippen molar-refractivity contribution in [1.29, 1.82) is 0 Å². The Morgan fingerprint density at radius 2 is 2.10 bits per heavy atom. The third-order valence-electron chi connectivity index (χ3n) is 2.70. The SMILES string of the molecule is CC(CC(F)(F)F)NC(c1ccco1)c1ccc(Cl)s1. The molecule has 2 rings (SSSR count). The molecule has 0 saturated heterocycles. The van der Waals surface area contributed by atoms with Crippen LogP contribution in [0.5, 0.6) is 0 Å². The third kappa shape index (κ3) is 4.26. The van der Waals surface area contributed by atoms with E-state index in [1.165, 1.54) is 24.5 Å². The first-order chi connectivity index (χ1) is 9.35. The predicted molar refractivity (Wildman–Crippen MR) is 73.1 cm³/mol. The van der Waals surface area contributed by atoms with Crippen LogP contribution < -0.4 is 5.32 Å². The molecule has 7 heteroatoms. The molecule has 0 saturated carbocycles. The van der Waals surface area contributed by atoms with Crippen LogP contribution in [0.3, 0.4) is 0 Å². The maximum Gasteiger partial charge on any atom is 0.390 e. The van der Waals surface area contributed by atoms with Gasteiger partial charge in [-0.2, -0.15) is 13.2 Å². The van der Waals surface area contributed by atoms with Crippen LogP contribution in [0.1, 0.15) is 30.0 Å². The highest BCUT2D eigenvalue weighted by molar-refractivity contribution is 7.16. The van der Waals surface area contributed by atoms with Crippen LogP contribution in [0.2, 0.25) is 4.34 Å². The topological polar surface area (TPSA) is 25.2 Å². The highest BCUT2D eigenvalue weighted by Crippen LogP contribution is 2.32. The van der Waals surface area contributed by atoms with Gasteiger partial charge in [0.1, 0.15) is 11.8 Å². The Labute approximate surface area is 123 Å². The van der Waals surface area contributed by atoms with E-state index in [9.17, 15) is 13.2 Å². The zero-order valence-corrected chi connectivity index (χ0v) is 12.1. The van der Waals surface area contributed by atoms with Crippen molar-refractivity contribution in [3.8, 4) is 0 Å². The first-order valence-corrected chi connectivity index (χ1v) is 7.16. The summed E-state index contributed by atoms with van der Waals surface area (Å²) in [6, 6.07) is 5.77. The molecule has 0 aliphatic carbocycles. The lowest BCUT2D eigenvalue weighted by molar-refractivity contribution is -0.139. The molecule has 2 atom stereocenters. The molecule has 0 bridgehead atoms. The molecular formula is C13H13ClF3NOS. The smallest absolute Gasteiger partial charge is 0.390 e. The standard InChI is InChI=1S/C13H13ClF3NOS/c1-8(7-13(15,16)17)18-12(9-3-2-6-19-9)10-4-5-11(14)20-10/h2-6,8,12,18H,7H2,1H3. The van der Waals surface area contributed by atoms with Gasteiger partial charge in [-0.05, 0) is 31.2 Å². The number of halogens is 4. The second kappa shape index (κ2) is 6.20. The molecule has 0 aromatic carbocycles. The van der Waals surface area contributed by atoms with Gasteiger partial charge in [-0.1, -0.05) is 11.6 Å². The van der Waals surface area contributed by atoms with Crippen molar-refractivity contribution in [1.82, 2.24) is 5.32 Å². The lowest BCUT2D eigenvalue weighted by Crippen LogP contribution is -2.34. The summed E-state index contributed by atoms with van der Waals surface area (Å²) in [5.41, 5.74) is 0. The van der Waals surface area contributed by atoms with Crippen molar-refractivity contribution in [3.63, 3.8) is 0 Å². The summed E-state index contributed by atoms with van der Waals surface area (Å²) in [5, 5.41) is 2.94. The van der Waals surface area contributed by atoms with E-state index in [0.29, 0.717) is 10.1 Å². The molecule has 20 heavy (non-hydrogen) atoms. The molecule has 0 fully saturated rings. The summed E-state index contributed by atoms with van der Waals surface area (Å²) >= 11 is 7.20. The minimum absolute atomic E-state index is 0.431. The Morgan fingerprint density at radius 1 is 1.35 bits per heavy atom. The van der Waals surface area contributed by atoms with E-state index in [4.69, 9.17) is 16.0 Å². The lowest BCUT2D eigenvalue weighted by Gasteiger charge is -2.22. The fourth-order valence-electron chi connectivity index (χ4n) is 1.93. The molecule has 0 radical (unpaired) electrons. The highest BCUT2D eigenvalue weighted by Gasteiger charge is 2.32. The van der Waals surface area contributed by atoms with Gasteiger partial charge in [0, 0.05) is 10.9 Å². The molecule has 110 valence electrons. The molecular weight excluding hydrogens is 311 g/mol. The van der Waals surface area contributed by atoms with Crippen molar-refractivity contribution in [3.05, 3.63) is 45.5 Å². The van der Waals surface area contributed by atoms with Crippen LogP contribution in [0.25, 0.3) is 0 Å². The quantitative estimate of drug-likeness (QED) is 0.836. The van der Waals surface area contributed by atoms with Crippen LogP contribution in [-0.4, -0.2) is 12.2 Å². The molecule has 0 amide bonds. The number of rotatable bonds is 5. The van der Waals surface area contributed by atoms with Gasteiger partial charge in [0.25, 0.3) is 0 Å². The van der Waals surface area contributed by atoms with Gasteiger partial charge in [0.15, 0.2) is 0 Å². The summed E-state index contributed by atoms with van der Waals surface area (Å²) in [5.74, 6) is 0.567. The molecule has 0 aliphatic rings. The van der Waals surface area contributed by atoms with Crippen molar-refractivity contribution >= 4 is 22.9 Å². The summed E-state index contributed by atoms with van der Waals surface area (Å²) in [6.45, 7) is 1.50. The van der Waals surface area contributed by atoms with Crippen LogP contribution in [-0.2, 0) is 0 Å². The number of thiophene rings is 1. The normalized spacial score (nSPS) is 15.2. The van der Waals surface area contributed by atoms with Gasteiger partial charge >= 0.3 is 6.18 Å². The number of alkyl halides is 3. The van der Waals surface area contributed by atoms with Crippen molar-refractivity contribution in [2.45, 2.75) is 31.6 Å². The lowest BCUT2D eigenvalue weighted by atomic mass is 10.1. The Kier molecular flexibility index (Phi) is 4.78. The molecule has 2 aromatic heterocycles. The van der Waals surface area contributed by atoms with Crippen molar-refractivity contribution in [2.24, 2.45) is 0 Å². The van der Waals surface area contributed by atoms with Crippen molar-refractivity contribution < 1.29 is 17.6 Å². The monoisotopic (exact) mass is 323 g/mol. The van der Waals surface area contributed by atoms with Crippen LogP contribution in [0, 0.1) is 0 Å². The Bertz CT molecular complexity index is 538. The summed E-state index contributed by atoms with van der Waals surface area (Å²) in [6.07, 6.45) is -3.61. The molecule has 1 N–H and O–H groups in total. The molecule has 2 heterocycles. The van der Waals surface area contributed by atoms with E-state index in [0.717, 1.165) is 4.88 Å². The number of hydrogen-bond acceptors (Lipinski definition) is 3. The zero-order valence-electron chi connectivity index (χ0n) is 10.6. The van der Waals surface area contributed by atoms with E-state index in [2.05, 4.69) is 5.32 Å². The maximum atomic E-state index is 12.4. The fraction of sp³-hybridized carbons (Fsp3) is 0.385. The first-order valence-electron chi connectivity index (χ1n) is 5.96. The third-order valence-corrected chi connectivity index (χ3v) is 3.99. The maximum absolute atomic E-state index is 12.4. The Hall–Kier alpha value is -0.980. The minimum atomic E-state index is -4.20. The molecule has 0 aliphatic heterocycles. The van der Waals surface area contributed by atoms with Gasteiger partial charge in [-0.25, -0.2) is 0 Å². The predicted octanol–water partition coefficient (Wildman–Crippen LogP) is 5.01. The molecule has 2 aromatic rings. The van der Waals surface area contributed by atoms with E-state index < -0.39 is 24.7 Å². The first kappa shape index (κ1) is 15.4. The number of hydrogen-bond donors (Lipinski definition) is 1. The van der Waals surface area contributed by atoms with Crippen molar-refractivity contribution in [2.75, 3.05) is 0 Å². The van der Waals surface area contributed by atoms with E-state index in [1.807, 2.05) is 0 Å². The van der Waals surface area contributed by atoms with Crippen LogP contribution in [0.15, 0.2) is 34.9 Å². The van der Waals surface area contributed by atoms with Gasteiger partial charge < -0.3 is 9.73 Å². The fourth-order valence-corrected chi connectivity index (χ4v) is 3.06. The van der Waals surface area contributed by atoms with E-state index in [-0.39, 0.29) is 0 Å². The van der Waals surface area contributed by atoms with Crippen LogP contribution >= 0.6 is 22.9 Å². The second-order valence-electron chi connectivity index (χ2n) is 4.48. The average molecular weight is 324 g/mol. The molecule has 2 unspecified atom stereocenters. The zero-order chi connectivity index (χ0) is 14.8. The van der Waals surface area contributed by atoms with E-state index in [1.54, 1.807) is 24.3 Å². The number of furan rings is 1. The van der Waals surface area contributed by atoms with Crippen LogP contribution in [0.4, 0.5) is 13.2 Å². The summed E-state index contributed by atoms with van der Waals surface area (Å²) < 4.78 is 43.2. The average Bonchev–Trinajstić information content (AvgIpc) is 2.94. The molecule has 0 spiro atoms. The summed E-state index contributed by atoms with van der Waals surface area (Å²) in [7, 11) is 0. The van der Waals surface area contributed by atoms with Gasteiger partial charge in [-0.15, -0.1) is 11.3 Å². The van der Waals surface area contributed by atoms with Gasteiger partial charge in [0.05, 0.1) is 17.0 Å². The molecule has 2 nitrogen and oxygen atoms in total. The summed E-state index contributed by atoms with van der Waals surface area (Å²) in [4.78, 5) is 0.818. The van der Waals surface area contributed by atoms with E-state index >= 15 is 0 Å². The largest absolute Gasteiger partial charge is 0.467 e. The second-order valence-corrected chi connectivity index (χ2v) is 6.22. The number of nitrogens with one attached hydrogen (secondary N) is 1. The minimum Gasteiger partial charge on any atom is -0.467 e. The highest BCUT2D eigenvalue weighted by atomic mass is 35.5. The Balaban J connectivity index is 2.16. The van der Waals surface area contributed by atoms with Gasteiger partial charge in [-0.3, -0.25) is 0 Å².